The first-order valence-corrected chi connectivity index (χ1v) is 10.2. The van der Waals surface area contributed by atoms with E-state index in [1.807, 2.05) is 36.6 Å². The highest BCUT2D eigenvalue weighted by atomic mass is 16.5. The quantitative estimate of drug-likeness (QED) is 0.436. The van der Waals surface area contributed by atoms with E-state index in [9.17, 15) is 4.79 Å². The molecule has 9 nitrogen and oxygen atoms in total. The van der Waals surface area contributed by atoms with Crippen molar-refractivity contribution in [2.45, 2.75) is 13.8 Å². The Bertz CT molecular complexity index is 1240. The molecule has 0 atom stereocenters. The Morgan fingerprint density at radius 2 is 1.73 bits per heavy atom. The van der Waals surface area contributed by atoms with Crippen molar-refractivity contribution in [2.24, 2.45) is 0 Å². The van der Waals surface area contributed by atoms with Crippen molar-refractivity contribution >= 4 is 11.6 Å². The Morgan fingerprint density at radius 1 is 0.970 bits per heavy atom. The fourth-order valence-electron chi connectivity index (χ4n) is 3.03. The first kappa shape index (κ1) is 21.8. The summed E-state index contributed by atoms with van der Waals surface area (Å²) in [6, 6.07) is 17.6. The van der Waals surface area contributed by atoms with Crippen LogP contribution in [-0.4, -0.2) is 39.4 Å². The summed E-state index contributed by atoms with van der Waals surface area (Å²) in [6.07, 6.45) is 1.71. The number of hydrogen-bond acceptors (Lipinski definition) is 7. The molecule has 0 aliphatic rings. The highest BCUT2D eigenvalue weighted by molar-refractivity contribution is 5.91. The number of nitrogens with one attached hydrogen (secondary N) is 1. The van der Waals surface area contributed by atoms with Gasteiger partial charge in [-0.05, 0) is 56.3 Å². The molecule has 4 aromatic rings. The van der Waals surface area contributed by atoms with Crippen molar-refractivity contribution in [3.05, 3.63) is 78.4 Å². The summed E-state index contributed by atoms with van der Waals surface area (Å²) in [5, 5.41) is 11.1. The predicted molar refractivity (Wildman–Crippen MR) is 122 cm³/mol. The number of ether oxygens (including phenoxy) is 3. The number of amides is 1. The molecule has 2 aromatic carbocycles. The molecule has 0 fully saturated rings. The smallest absolute Gasteiger partial charge is 0.262 e. The molecule has 4 rings (SSSR count). The third-order valence-electron chi connectivity index (χ3n) is 4.91. The van der Waals surface area contributed by atoms with Gasteiger partial charge in [0.25, 0.3) is 5.91 Å². The van der Waals surface area contributed by atoms with Gasteiger partial charge in [-0.15, -0.1) is 10.2 Å². The van der Waals surface area contributed by atoms with Crippen LogP contribution in [0.15, 0.2) is 67.0 Å². The van der Waals surface area contributed by atoms with Crippen molar-refractivity contribution < 1.29 is 19.0 Å². The molecule has 2 heterocycles. The van der Waals surface area contributed by atoms with E-state index in [1.165, 1.54) is 0 Å². The second-order valence-corrected chi connectivity index (χ2v) is 7.13. The minimum atomic E-state index is -0.291. The number of benzene rings is 2. The van der Waals surface area contributed by atoms with E-state index in [1.54, 1.807) is 55.9 Å². The summed E-state index contributed by atoms with van der Waals surface area (Å²) in [5.41, 5.74) is 2.56. The van der Waals surface area contributed by atoms with Crippen LogP contribution in [0.3, 0.4) is 0 Å². The molecule has 168 valence electrons. The van der Waals surface area contributed by atoms with Gasteiger partial charge in [0, 0.05) is 17.4 Å². The molecule has 0 radical (unpaired) electrons. The van der Waals surface area contributed by atoms with Crippen LogP contribution in [0, 0.1) is 13.8 Å². The minimum absolute atomic E-state index is 0.142. The van der Waals surface area contributed by atoms with Crippen LogP contribution < -0.4 is 19.5 Å². The lowest BCUT2D eigenvalue weighted by Gasteiger charge is -2.11. The zero-order valence-corrected chi connectivity index (χ0v) is 18.5. The molecule has 9 heteroatoms. The SMILES string of the molecule is COc1ccccc1OCC(=O)Nc1ccc(Oc2ccc(-n3cnc(C)c3C)nn2)cc1. The van der Waals surface area contributed by atoms with Gasteiger partial charge in [0.2, 0.25) is 5.88 Å². The average molecular weight is 445 g/mol. The first-order valence-electron chi connectivity index (χ1n) is 10.2. The normalized spacial score (nSPS) is 10.5. The fraction of sp³-hybridized carbons (Fsp3) is 0.167. The Kier molecular flexibility index (Phi) is 6.49. The van der Waals surface area contributed by atoms with Gasteiger partial charge in [0.1, 0.15) is 12.1 Å². The largest absolute Gasteiger partial charge is 0.493 e. The predicted octanol–water partition coefficient (Wildman–Crippen LogP) is 4.10. The Hall–Kier alpha value is -4.40. The lowest BCUT2D eigenvalue weighted by Crippen LogP contribution is -2.20. The van der Waals surface area contributed by atoms with E-state index in [0.29, 0.717) is 34.6 Å². The van der Waals surface area contributed by atoms with Crippen molar-refractivity contribution in [3.63, 3.8) is 0 Å². The monoisotopic (exact) mass is 445 g/mol. The lowest BCUT2D eigenvalue weighted by molar-refractivity contribution is -0.118. The van der Waals surface area contributed by atoms with Crippen LogP contribution >= 0.6 is 0 Å². The standard InChI is InChI=1S/C24H23N5O4/c1-16-17(2)29(15-25-16)22-12-13-24(28-27-22)33-19-10-8-18(9-11-19)26-23(30)14-32-21-7-5-4-6-20(21)31-3/h4-13,15H,14H2,1-3H3,(H,26,30). The molecule has 0 spiro atoms. The van der Waals surface area contributed by atoms with Gasteiger partial charge in [0.15, 0.2) is 23.9 Å². The molecule has 0 saturated carbocycles. The molecule has 33 heavy (non-hydrogen) atoms. The summed E-state index contributed by atoms with van der Waals surface area (Å²) < 4.78 is 18.3. The van der Waals surface area contributed by atoms with Crippen LogP contribution in [0.1, 0.15) is 11.4 Å². The molecule has 1 amide bonds. The van der Waals surface area contributed by atoms with E-state index >= 15 is 0 Å². The maximum Gasteiger partial charge on any atom is 0.262 e. The summed E-state index contributed by atoms with van der Waals surface area (Å²) in [7, 11) is 1.55. The van der Waals surface area contributed by atoms with Crippen LogP contribution in [-0.2, 0) is 4.79 Å². The molecule has 0 saturated heterocycles. The zero-order chi connectivity index (χ0) is 23.2. The highest BCUT2D eigenvalue weighted by Gasteiger charge is 2.09. The molecule has 0 aliphatic carbocycles. The Balaban J connectivity index is 1.31. The number of methoxy groups -OCH3 is 1. The van der Waals surface area contributed by atoms with Gasteiger partial charge in [-0.25, -0.2) is 4.98 Å². The Morgan fingerprint density at radius 3 is 2.36 bits per heavy atom. The van der Waals surface area contributed by atoms with E-state index in [-0.39, 0.29) is 12.5 Å². The van der Waals surface area contributed by atoms with Crippen LogP contribution in [0.2, 0.25) is 0 Å². The van der Waals surface area contributed by atoms with Gasteiger partial charge in [0.05, 0.1) is 12.8 Å². The Labute approximate surface area is 191 Å². The van der Waals surface area contributed by atoms with E-state index in [4.69, 9.17) is 14.2 Å². The second-order valence-electron chi connectivity index (χ2n) is 7.13. The number of carbonyl (C=O) groups excluding carboxylic acids is 1. The van der Waals surface area contributed by atoms with Gasteiger partial charge < -0.3 is 19.5 Å². The maximum absolute atomic E-state index is 12.2. The number of para-hydroxylation sites is 2. The highest BCUT2D eigenvalue weighted by Crippen LogP contribution is 2.26. The number of carbonyl (C=O) groups is 1. The number of aryl methyl sites for hydroxylation is 1. The van der Waals surface area contributed by atoms with Gasteiger partial charge >= 0.3 is 0 Å². The molecular weight excluding hydrogens is 422 g/mol. The molecule has 0 bridgehead atoms. The third kappa shape index (κ3) is 5.27. The summed E-state index contributed by atoms with van der Waals surface area (Å²) >= 11 is 0. The lowest BCUT2D eigenvalue weighted by atomic mass is 10.3. The van der Waals surface area contributed by atoms with Crippen molar-refractivity contribution in [1.82, 2.24) is 19.7 Å². The van der Waals surface area contributed by atoms with Crippen molar-refractivity contribution in [3.8, 4) is 28.9 Å². The molecule has 1 N–H and O–H groups in total. The fourth-order valence-corrected chi connectivity index (χ4v) is 3.03. The summed E-state index contributed by atoms with van der Waals surface area (Å²) in [5.74, 6) is 2.36. The summed E-state index contributed by atoms with van der Waals surface area (Å²) in [6.45, 7) is 3.77. The van der Waals surface area contributed by atoms with Gasteiger partial charge in [-0.1, -0.05) is 12.1 Å². The van der Waals surface area contributed by atoms with Crippen molar-refractivity contribution in [1.29, 1.82) is 0 Å². The third-order valence-corrected chi connectivity index (χ3v) is 4.91. The van der Waals surface area contributed by atoms with Crippen LogP contribution in [0.4, 0.5) is 5.69 Å². The van der Waals surface area contributed by atoms with E-state index < -0.39 is 0 Å². The number of anilines is 1. The number of aromatic nitrogens is 4. The molecule has 2 aromatic heterocycles. The first-order chi connectivity index (χ1) is 16.0. The molecule has 0 unspecified atom stereocenters. The molecular formula is C24H23N5O4. The second kappa shape index (κ2) is 9.82. The van der Waals surface area contributed by atoms with Crippen molar-refractivity contribution in [2.75, 3.05) is 19.0 Å². The molecule has 0 aliphatic heterocycles. The summed E-state index contributed by atoms with van der Waals surface area (Å²) in [4.78, 5) is 16.5. The number of nitrogens with zero attached hydrogens (tertiary/aromatic N) is 4. The number of rotatable bonds is 8. The average Bonchev–Trinajstić information content (AvgIpc) is 3.18. The maximum atomic E-state index is 12.2. The number of imidazole rings is 1. The van der Waals surface area contributed by atoms with E-state index in [2.05, 4.69) is 20.5 Å². The zero-order valence-electron chi connectivity index (χ0n) is 18.5. The van der Waals surface area contributed by atoms with Crippen LogP contribution in [0.25, 0.3) is 5.82 Å². The minimum Gasteiger partial charge on any atom is -0.493 e. The van der Waals surface area contributed by atoms with Gasteiger partial charge in [-0.3, -0.25) is 9.36 Å². The van der Waals surface area contributed by atoms with Crippen LogP contribution in [0.5, 0.6) is 23.1 Å². The van der Waals surface area contributed by atoms with Gasteiger partial charge in [-0.2, -0.15) is 0 Å². The number of hydrogen-bond donors (Lipinski definition) is 1. The topological polar surface area (TPSA) is 100 Å². The van der Waals surface area contributed by atoms with E-state index in [0.717, 1.165) is 11.4 Å².